The van der Waals surface area contributed by atoms with Gasteiger partial charge in [0.05, 0.1) is 5.75 Å². The van der Waals surface area contributed by atoms with Crippen molar-refractivity contribution >= 4 is 23.6 Å². The molecule has 0 aliphatic heterocycles. The predicted molar refractivity (Wildman–Crippen MR) is 87.0 cm³/mol. The first-order valence-corrected chi connectivity index (χ1v) is 7.68. The maximum absolute atomic E-state index is 11.9. The van der Waals surface area contributed by atoms with Crippen LogP contribution in [-0.4, -0.2) is 36.5 Å². The van der Waals surface area contributed by atoms with Crippen LogP contribution in [0.15, 0.2) is 53.9 Å². The molecule has 3 aromatic rings. The molecule has 0 unspecified atom stereocenters. The highest BCUT2D eigenvalue weighted by atomic mass is 32.2. The Balaban J connectivity index is 1.63. The molecule has 116 valence electrons. The number of hydrogen-bond donors (Lipinski definition) is 2. The van der Waals surface area contributed by atoms with E-state index in [9.17, 15) is 4.79 Å². The topological polar surface area (TPSA) is 112 Å². The second-order valence-corrected chi connectivity index (χ2v) is 5.39. The highest BCUT2D eigenvalue weighted by Crippen LogP contribution is 2.21. The Bertz CT molecular complexity index is 791. The number of carbonyl (C=O) groups is 1. The Labute approximate surface area is 136 Å². The fraction of sp³-hybridized carbons (Fsp3) is 0.0714. The van der Waals surface area contributed by atoms with Gasteiger partial charge in [0.25, 0.3) is 0 Å². The first-order chi connectivity index (χ1) is 11.2. The minimum atomic E-state index is -0.245. The lowest BCUT2D eigenvalue weighted by atomic mass is 10.2. The van der Waals surface area contributed by atoms with Gasteiger partial charge in [-0.15, -0.1) is 10.2 Å². The molecule has 0 atom stereocenters. The van der Waals surface area contributed by atoms with E-state index in [2.05, 4.69) is 25.5 Å². The smallest absolute Gasteiger partial charge is 0.237 e. The molecule has 0 fully saturated rings. The number of nitrogens with one attached hydrogen (secondary N) is 1. The molecule has 0 aliphatic carbocycles. The van der Waals surface area contributed by atoms with Gasteiger partial charge >= 0.3 is 0 Å². The number of nitrogens with two attached hydrogens (primary N) is 1. The molecule has 8 nitrogen and oxygen atoms in total. The van der Waals surface area contributed by atoms with E-state index in [1.54, 1.807) is 18.5 Å². The minimum Gasteiger partial charge on any atom is -0.335 e. The molecule has 2 aromatic heterocycles. The van der Waals surface area contributed by atoms with Crippen LogP contribution in [0.3, 0.4) is 0 Å². The normalized spacial score (nSPS) is 10.4. The summed E-state index contributed by atoms with van der Waals surface area (Å²) in [7, 11) is 0. The van der Waals surface area contributed by atoms with E-state index in [0.717, 1.165) is 5.56 Å². The van der Waals surface area contributed by atoms with E-state index in [1.165, 1.54) is 16.4 Å². The average molecular weight is 327 g/mol. The molecular formula is C14H13N7OS. The van der Waals surface area contributed by atoms with E-state index in [1.807, 2.05) is 30.3 Å². The van der Waals surface area contributed by atoms with Crippen molar-refractivity contribution in [3.05, 3.63) is 48.8 Å². The van der Waals surface area contributed by atoms with Crippen LogP contribution in [0, 0.1) is 0 Å². The maximum atomic E-state index is 11.9. The van der Waals surface area contributed by atoms with Crippen molar-refractivity contribution < 1.29 is 4.79 Å². The summed E-state index contributed by atoms with van der Waals surface area (Å²) in [6.07, 6.45) is 3.11. The van der Waals surface area contributed by atoms with Crippen molar-refractivity contribution in [3.63, 3.8) is 0 Å². The Hall–Kier alpha value is -2.94. The van der Waals surface area contributed by atoms with E-state index in [4.69, 9.17) is 5.84 Å². The van der Waals surface area contributed by atoms with Crippen LogP contribution in [0.2, 0.25) is 0 Å². The van der Waals surface area contributed by atoms with Crippen LogP contribution < -0.4 is 11.2 Å². The number of amides is 1. The molecule has 9 heteroatoms. The van der Waals surface area contributed by atoms with Gasteiger partial charge in [0.1, 0.15) is 0 Å². The fourth-order valence-electron chi connectivity index (χ4n) is 1.81. The standard InChI is InChI=1S/C14H13N7OS/c15-21-12(10-5-2-1-3-6-10)19-20-14(21)23-9-11(22)18-13-16-7-4-8-17-13/h1-8H,9,15H2,(H,16,17,18,22). The van der Waals surface area contributed by atoms with Crippen molar-refractivity contribution in [1.82, 2.24) is 24.8 Å². The summed E-state index contributed by atoms with van der Waals surface area (Å²) in [5.41, 5.74) is 0.858. The van der Waals surface area contributed by atoms with Crippen molar-refractivity contribution in [3.8, 4) is 11.4 Å². The summed E-state index contributed by atoms with van der Waals surface area (Å²) in [6.45, 7) is 0. The zero-order valence-electron chi connectivity index (χ0n) is 12.0. The Kier molecular flexibility index (Phi) is 4.48. The SMILES string of the molecule is Nn1c(SCC(=O)Nc2ncccn2)nnc1-c1ccccc1. The third-order valence-electron chi connectivity index (χ3n) is 2.85. The lowest BCUT2D eigenvalue weighted by molar-refractivity contribution is -0.113. The summed E-state index contributed by atoms with van der Waals surface area (Å²) in [6, 6.07) is 11.1. The molecule has 0 saturated carbocycles. The Morgan fingerprint density at radius 2 is 1.87 bits per heavy atom. The van der Waals surface area contributed by atoms with Crippen molar-refractivity contribution in [2.45, 2.75) is 5.16 Å². The second kappa shape index (κ2) is 6.88. The lowest BCUT2D eigenvalue weighted by Gasteiger charge is -2.04. The van der Waals surface area contributed by atoms with Crippen molar-refractivity contribution in [2.24, 2.45) is 0 Å². The average Bonchev–Trinajstić information content (AvgIpc) is 2.95. The quantitative estimate of drug-likeness (QED) is 0.534. The van der Waals surface area contributed by atoms with Gasteiger partial charge < -0.3 is 5.84 Å². The molecule has 0 bridgehead atoms. The highest BCUT2D eigenvalue weighted by Gasteiger charge is 2.13. The summed E-state index contributed by atoms with van der Waals surface area (Å²) in [5.74, 6) is 6.67. The highest BCUT2D eigenvalue weighted by molar-refractivity contribution is 7.99. The number of nitrogens with zero attached hydrogens (tertiary/aromatic N) is 5. The number of hydrogen-bond acceptors (Lipinski definition) is 7. The molecule has 0 spiro atoms. The molecule has 0 radical (unpaired) electrons. The number of carbonyl (C=O) groups excluding carboxylic acids is 1. The third kappa shape index (κ3) is 3.64. The van der Waals surface area contributed by atoms with Gasteiger partial charge in [0, 0.05) is 18.0 Å². The Morgan fingerprint density at radius 1 is 1.13 bits per heavy atom. The number of nitrogen functional groups attached to an aromatic ring is 1. The molecule has 3 N–H and O–H groups in total. The van der Waals surface area contributed by atoms with Gasteiger partial charge in [-0.25, -0.2) is 14.6 Å². The molecule has 0 aliphatic rings. The largest absolute Gasteiger partial charge is 0.335 e. The van der Waals surface area contributed by atoms with Crippen molar-refractivity contribution in [1.29, 1.82) is 0 Å². The number of aromatic nitrogens is 5. The fourth-order valence-corrected chi connectivity index (χ4v) is 2.47. The first kappa shape index (κ1) is 15.0. The van der Waals surface area contributed by atoms with E-state index in [-0.39, 0.29) is 17.6 Å². The molecule has 1 aromatic carbocycles. The third-order valence-corrected chi connectivity index (χ3v) is 3.79. The number of benzene rings is 1. The van der Waals surface area contributed by atoms with E-state index in [0.29, 0.717) is 11.0 Å². The minimum absolute atomic E-state index is 0.127. The maximum Gasteiger partial charge on any atom is 0.237 e. The van der Waals surface area contributed by atoms with Crippen LogP contribution >= 0.6 is 11.8 Å². The van der Waals surface area contributed by atoms with Crippen molar-refractivity contribution in [2.75, 3.05) is 16.9 Å². The number of anilines is 1. The van der Waals surface area contributed by atoms with Gasteiger partial charge in [-0.2, -0.15) is 0 Å². The molecular weight excluding hydrogens is 314 g/mol. The van der Waals surface area contributed by atoms with Gasteiger partial charge in [-0.05, 0) is 6.07 Å². The van der Waals surface area contributed by atoms with Crippen LogP contribution in [0.4, 0.5) is 5.95 Å². The van der Waals surface area contributed by atoms with Gasteiger partial charge in [0.15, 0.2) is 5.82 Å². The van der Waals surface area contributed by atoms with E-state index >= 15 is 0 Å². The summed E-state index contributed by atoms with van der Waals surface area (Å²) in [5, 5.41) is 11.1. The summed E-state index contributed by atoms with van der Waals surface area (Å²) in [4.78, 5) is 19.7. The summed E-state index contributed by atoms with van der Waals surface area (Å²) >= 11 is 1.19. The second-order valence-electron chi connectivity index (χ2n) is 4.45. The van der Waals surface area contributed by atoms with Crippen LogP contribution in [0.5, 0.6) is 0 Å². The first-order valence-electron chi connectivity index (χ1n) is 6.69. The van der Waals surface area contributed by atoms with Crippen LogP contribution in [0.1, 0.15) is 0 Å². The molecule has 1 amide bonds. The monoisotopic (exact) mass is 327 g/mol. The predicted octanol–water partition coefficient (Wildman–Crippen LogP) is 1.18. The van der Waals surface area contributed by atoms with Crippen LogP contribution in [0.25, 0.3) is 11.4 Å². The summed E-state index contributed by atoms with van der Waals surface area (Å²) < 4.78 is 1.37. The molecule has 2 heterocycles. The molecule has 0 saturated heterocycles. The number of thioether (sulfide) groups is 1. The number of rotatable bonds is 5. The van der Waals surface area contributed by atoms with Gasteiger partial charge in [-0.1, -0.05) is 42.1 Å². The van der Waals surface area contributed by atoms with E-state index < -0.39 is 0 Å². The van der Waals surface area contributed by atoms with Gasteiger partial charge in [0.2, 0.25) is 17.0 Å². The molecule has 23 heavy (non-hydrogen) atoms. The molecule has 3 rings (SSSR count). The zero-order chi connectivity index (χ0) is 16.1. The van der Waals surface area contributed by atoms with Crippen LogP contribution in [-0.2, 0) is 4.79 Å². The lowest BCUT2D eigenvalue weighted by Crippen LogP contribution is -2.17. The Morgan fingerprint density at radius 3 is 2.61 bits per heavy atom. The van der Waals surface area contributed by atoms with Gasteiger partial charge in [-0.3, -0.25) is 10.1 Å². The zero-order valence-corrected chi connectivity index (χ0v) is 12.8.